The summed E-state index contributed by atoms with van der Waals surface area (Å²) in [6, 6.07) is 0.302. The molecular formula is C12H22N2O2. The van der Waals surface area contributed by atoms with Crippen molar-refractivity contribution in [2.45, 2.75) is 46.3 Å². The Morgan fingerprint density at radius 1 is 1.56 bits per heavy atom. The summed E-state index contributed by atoms with van der Waals surface area (Å²) >= 11 is 0. The lowest BCUT2D eigenvalue weighted by atomic mass is 10.2. The van der Waals surface area contributed by atoms with Gasteiger partial charge >= 0.3 is 6.09 Å². The van der Waals surface area contributed by atoms with Crippen molar-refractivity contribution in [3.05, 3.63) is 11.8 Å². The maximum Gasteiger partial charge on any atom is 0.414 e. The molecule has 0 aromatic heterocycles. The zero-order valence-corrected chi connectivity index (χ0v) is 10.8. The van der Waals surface area contributed by atoms with Crippen LogP contribution in [-0.4, -0.2) is 35.7 Å². The average Bonchev–Trinajstić information content (AvgIpc) is 2.15. The number of hydrogen-bond donors (Lipinski definition) is 1. The molecular weight excluding hydrogens is 204 g/mol. The number of carbonyl (C=O) groups excluding carboxylic acids is 1. The molecule has 0 aromatic rings. The van der Waals surface area contributed by atoms with Crippen molar-refractivity contribution >= 4 is 6.09 Å². The molecule has 0 radical (unpaired) electrons. The third-order valence-electron chi connectivity index (χ3n) is 2.38. The highest BCUT2D eigenvalue weighted by atomic mass is 16.6. The van der Waals surface area contributed by atoms with Crippen LogP contribution in [0.25, 0.3) is 0 Å². The third-order valence-corrected chi connectivity index (χ3v) is 2.38. The van der Waals surface area contributed by atoms with Crippen molar-refractivity contribution < 1.29 is 9.53 Å². The summed E-state index contributed by atoms with van der Waals surface area (Å²) in [4.78, 5) is 13.7. The fourth-order valence-corrected chi connectivity index (χ4v) is 1.60. The second-order valence-corrected chi connectivity index (χ2v) is 5.15. The summed E-state index contributed by atoms with van der Waals surface area (Å²) in [7, 11) is 0. The van der Waals surface area contributed by atoms with Crippen molar-refractivity contribution in [3.63, 3.8) is 0 Å². The molecule has 1 N–H and O–H groups in total. The van der Waals surface area contributed by atoms with Gasteiger partial charge in [-0.1, -0.05) is 6.08 Å². The molecule has 1 amide bonds. The monoisotopic (exact) mass is 226 g/mol. The summed E-state index contributed by atoms with van der Waals surface area (Å²) in [5.41, 5.74) is 0.539. The summed E-state index contributed by atoms with van der Waals surface area (Å²) in [5.74, 6) is 0. The van der Waals surface area contributed by atoms with Gasteiger partial charge in [0.05, 0.1) is 0 Å². The first kappa shape index (κ1) is 13.0. The van der Waals surface area contributed by atoms with Gasteiger partial charge in [0.25, 0.3) is 0 Å². The van der Waals surface area contributed by atoms with E-state index in [-0.39, 0.29) is 6.09 Å². The van der Waals surface area contributed by atoms with E-state index in [4.69, 9.17) is 4.74 Å². The van der Waals surface area contributed by atoms with Crippen LogP contribution in [0.5, 0.6) is 0 Å². The third kappa shape index (κ3) is 3.52. The van der Waals surface area contributed by atoms with E-state index in [0.29, 0.717) is 12.6 Å². The zero-order valence-electron chi connectivity index (χ0n) is 10.8. The lowest BCUT2D eigenvalue weighted by Gasteiger charge is -2.35. The molecule has 1 saturated heterocycles. The Balaban J connectivity index is 2.72. The number of rotatable bonds is 0. The van der Waals surface area contributed by atoms with E-state index in [1.54, 1.807) is 4.90 Å². The van der Waals surface area contributed by atoms with E-state index >= 15 is 0 Å². The molecule has 0 spiro atoms. The normalized spacial score (nSPS) is 24.7. The van der Waals surface area contributed by atoms with Crippen molar-refractivity contribution in [2.75, 3.05) is 13.1 Å². The molecule has 0 saturated carbocycles. The van der Waals surface area contributed by atoms with Gasteiger partial charge in [-0.05, 0) is 34.6 Å². The Bertz CT molecular complexity index is 292. The van der Waals surface area contributed by atoms with Crippen LogP contribution in [0.3, 0.4) is 0 Å². The van der Waals surface area contributed by atoms with Crippen LogP contribution in [0, 0.1) is 0 Å². The number of nitrogens with zero attached hydrogens (tertiary/aromatic N) is 1. The Hall–Kier alpha value is -1.03. The zero-order chi connectivity index (χ0) is 12.3. The highest BCUT2D eigenvalue weighted by Crippen LogP contribution is 2.16. The number of allylic oxidation sites excluding steroid dienone is 1. The number of piperazine rings is 1. The largest absolute Gasteiger partial charge is 0.443 e. The molecule has 0 bridgehead atoms. The van der Waals surface area contributed by atoms with E-state index < -0.39 is 5.60 Å². The van der Waals surface area contributed by atoms with E-state index in [1.807, 2.05) is 33.8 Å². The molecule has 4 heteroatoms. The molecule has 1 heterocycles. The van der Waals surface area contributed by atoms with Crippen LogP contribution in [0.15, 0.2) is 11.8 Å². The maximum atomic E-state index is 12.0. The van der Waals surface area contributed by atoms with E-state index in [9.17, 15) is 4.79 Å². The molecule has 4 nitrogen and oxygen atoms in total. The minimum Gasteiger partial charge on any atom is -0.443 e. The van der Waals surface area contributed by atoms with E-state index in [1.165, 1.54) is 0 Å². The van der Waals surface area contributed by atoms with Crippen LogP contribution in [0.1, 0.15) is 34.6 Å². The molecule has 1 fully saturated rings. The van der Waals surface area contributed by atoms with Gasteiger partial charge in [-0.25, -0.2) is 4.79 Å². The fraction of sp³-hybridized carbons (Fsp3) is 0.750. The molecule has 1 atom stereocenters. The molecule has 1 aliphatic rings. The second-order valence-electron chi connectivity index (χ2n) is 5.15. The van der Waals surface area contributed by atoms with Gasteiger partial charge in [0.2, 0.25) is 0 Å². The van der Waals surface area contributed by atoms with Gasteiger partial charge in [0.1, 0.15) is 5.60 Å². The first-order valence-corrected chi connectivity index (χ1v) is 5.72. The lowest BCUT2D eigenvalue weighted by Crippen LogP contribution is -2.51. The second kappa shape index (κ2) is 4.87. The summed E-state index contributed by atoms with van der Waals surface area (Å²) in [6.07, 6.45) is 1.69. The Morgan fingerprint density at radius 2 is 2.19 bits per heavy atom. The number of carbonyl (C=O) groups is 1. The fourth-order valence-electron chi connectivity index (χ4n) is 1.60. The quantitative estimate of drug-likeness (QED) is 0.688. The first-order chi connectivity index (χ1) is 7.33. The van der Waals surface area contributed by atoms with Crippen LogP contribution < -0.4 is 5.32 Å². The smallest absolute Gasteiger partial charge is 0.414 e. The molecule has 1 rings (SSSR count). The molecule has 0 aromatic carbocycles. The topological polar surface area (TPSA) is 41.6 Å². The average molecular weight is 226 g/mol. The van der Waals surface area contributed by atoms with Crippen LogP contribution in [0.2, 0.25) is 0 Å². The van der Waals surface area contributed by atoms with Gasteiger partial charge < -0.3 is 10.1 Å². The summed E-state index contributed by atoms with van der Waals surface area (Å²) in [6.45, 7) is 11.0. The maximum absolute atomic E-state index is 12.0. The molecule has 1 aliphatic heterocycles. The van der Waals surface area contributed by atoms with Crippen LogP contribution >= 0.6 is 0 Å². The highest BCUT2D eigenvalue weighted by Gasteiger charge is 2.28. The minimum atomic E-state index is -0.440. The van der Waals surface area contributed by atoms with Gasteiger partial charge in [-0.2, -0.15) is 0 Å². The lowest BCUT2D eigenvalue weighted by molar-refractivity contribution is 0.0273. The minimum absolute atomic E-state index is 0.256. The Labute approximate surface area is 97.6 Å². The Morgan fingerprint density at radius 3 is 2.69 bits per heavy atom. The first-order valence-electron chi connectivity index (χ1n) is 5.72. The van der Waals surface area contributed by atoms with E-state index in [0.717, 1.165) is 12.2 Å². The molecule has 0 aliphatic carbocycles. The predicted molar refractivity (Wildman–Crippen MR) is 64.2 cm³/mol. The van der Waals surface area contributed by atoms with Crippen molar-refractivity contribution in [2.24, 2.45) is 0 Å². The molecule has 92 valence electrons. The number of hydrogen-bond acceptors (Lipinski definition) is 3. The molecule has 16 heavy (non-hydrogen) atoms. The number of nitrogens with one attached hydrogen (secondary N) is 1. The van der Waals surface area contributed by atoms with Gasteiger partial charge in [-0.3, -0.25) is 4.90 Å². The summed E-state index contributed by atoms with van der Waals surface area (Å²) in [5, 5.41) is 3.31. The standard InChI is InChI=1S/C12H22N2O2/c1-6-10-7-13-9(2)8-14(10)11(15)16-12(3,4)5/h6,9,13H,7-8H2,1-5H3/b10-6+/t9-/m1/s1. The Kier molecular flexibility index (Phi) is 3.97. The number of ether oxygens (including phenoxy) is 1. The SMILES string of the molecule is C/C=C1\CN[C@H](C)CN1C(=O)OC(C)(C)C. The van der Waals surface area contributed by atoms with E-state index in [2.05, 4.69) is 12.2 Å². The van der Waals surface area contributed by atoms with Gasteiger partial charge in [0, 0.05) is 24.8 Å². The van der Waals surface area contributed by atoms with Gasteiger partial charge in [0.15, 0.2) is 0 Å². The predicted octanol–water partition coefficient (Wildman–Crippen LogP) is 2.12. The van der Waals surface area contributed by atoms with Crippen molar-refractivity contribution in [3.8, 4) is 0 Å². The number of amides is 1. The van der Waals surface area contributed by atoms with Crippen molar-refractivity contribution in [1.82, 2.24) is 10.2 Å². The summed E-state index contributed by atoms with van der Waals surface area (Å²) < 4.78 is 5.38. The van der Waals surface area contributed by atoms with Crippen molar-refractivity contribution in [1.29, 1.82) is 0 Å². The highest BCUT2D eigenvalue weighted by molar-refractivity contribution is 5.70. The van der Waals surface area contributed by atoms with Gasteiger partial charge in [-0.15, -0.1) is 0 Å². The van der Waals surface area contributed by atoms with Crippen LogP contribution in [-0.2, 0) is 4.74 Å². The molecule has 0 unspecified atom stereocenters. The van der Waals surface area contributed by atoms with Crippen LogP contribution in [0.4, 0.5) is 4.79 Å².